The predicted molar refractivity (Wildman–Crippen MR) is 93.6 cm³/mol. The van der Waals surface area contributed by atoms with E-state index in [-0.39, 0.29) is 24.0 Å². The number of primary amides is 1. The molecule has 1 heterocycles. The van der Waals surface area contributed by atoms with E-state index in [1.165, 1.54) is 11.8 Å². The van der Waals surface area contributed by atoms with E-state index < -0.39 is 17.8 Å². The monoisotopic (exact) mass is 380 g/mol. The van der Waals surface area contributed by atoms with Crippen molar-refractivity contribution in [2.45, 2.75) is 18.4 Å². The molecule has 9 heteroatoms. The van der Waals surface area contributed by atoms with Crippen molar-refractivity contribution in [1.82, 2.24) is 4.98 Å². The molecule has 0 fully saturated rings. The minimum atomic E-state index is -0.543. The molecule has 2 aromatic rings. The molecular weight excluding hydrogens is 364 g/mol. The van der Waals surface area contributed by atoms with E-state index in [1.807, 2.05) is 0 Å². The summed E-state index contributed by atoms with van der Waals surface area (Å²) in [7, 11) is 0. The number of aromatic nitrogens is 1. The molecule has 1 aromatic carbocycles. The molecule has 0 unspecified atom stereocenters. The number of hydrogen-bond acceptors (Lipinski definition) is 8. The highest BCUT2D eigenvalue weighted by atomic mass is 32.2. The van der Waals surface area contributed by atoms with Crippen LogP contribution in [-0.2, 0) is 20.9 Å². The van der Waals surface area contributed by atoms with E-state index >= 15 is 0 Å². The van der Waals surface area contributed by atoms with Gasteiger partial charge in [-0.1, -0.05) is 12.1 Å². The molecule has 7 nitrogen and oxygen atoms in total. The molecule has 0 spiro atoms. The first-order valence-electron chi connectivity index (χ1n) is 7.30. The summed E-state index contributed by atoms with van der Waals surface area (Å²) >= 11 is 2.30. The van der Waals surface area contributed by atoms with Gasteiger partial charge in [-0.3, -0.25) is 4.79 Å². The Morgan fingerprint density at radius 2 is 1.96 bits per heavy atom. The molecule has 0 aliphatic heterocycles. The lowest BCUT2D eigenvalue weighted by atomic mass is 10.2. The molecule has 0 aliphatic rings. The zero-order valence-electron chi connectivity index (χ0n) is 13.4. The van der Waals surface area contributed by atoms with Crippen molar-refractivity contribution in [2.75, 3.05) is 12.4 Å². The summed E-state index contributed by atoms with van der Waals surface area (Å²) in [6.45, 7) is 1.91. The standard InChI is InChI=1S/C16H16N2O5S2/c1-2-22-16(21)14-18-10(8-25-14)7-23-15(20)11-5-3-4-6-12(11)24-9-13(17)19/h3-6,8H,2,7,9H2,1H3,(H2,17,19). The summed E-state index contributed by atoms with van der Waals surface area (Å²) in [5.41, 5.74) is 5.93. The van der Waals surface area contributed by atoms with Crippen LogP contribution in [-0.4, -0.2) is 35.2 Å². The molecule has 0 aliphatic carbocycles. The Labute approximate surface area is 152 Å². The van der Waals surface area contributed by atoms with Gasteiger partial charge in [-0.25, -0.2) is 14.6 Å². The lowest BCUT2D eigenvalue weighted by Crippen LogP contribution is -2.14. The smallest absolute Gasteiger partial charge is 0.367 e. The van der Waals surface area contributed by atoms with E-state index in [2.05, 4.69) is 4.98 Å². The fourth-order valence-corrected chi connectivity index (χ4v) is 3.26. The first kappa shape index (κ1) is 18.9. The van der Waals surface area contributed by atoms with Crippen molar-refractivity contribution in [1.29, 1.82) is 0 Å². The van der Waals surface area contributed by atoms with Crippen LogP contribution in [0.2, 0.25) is 0 Å². The van der Waals surface area contributed by atoms with Crippen LogP contribution in [0.5, 0.6) is 0 Å². The Kier molecular flexibility index (Phi) is 6.96. The number of ether oxygens (including phenoxy) is 2. The average Bonchev–Trinajstić information content (AvgIpc) is 3.07. The first-order chi connectivity index (χ1) is 12.0. The van der Waals surface area contributed by atoms with Gasteiger partial charge in [-0.2, -0.15) is 0 Å². The average molecular weight is 380 g/mol. The SMILES string of the molecule is CCOC(=O)c1nc(COC(=O)c2ccccc2SCC(N)=O)cs1. The summed E-state index contributed by atoms with van der Waals surface area (Å²) in [5.74, 6) is -1.45. The van der Waals surface area contributed by atoms with Crippen LogP contribution in [0.15, 0.2) is 34.5 Å². The summed E-state index contributed by atoms with van der Waals surface area (Å²) in [5, 5.41) is 1.85. The van der Waals surface area contributed by atoms with Crippen LogP contribution >= 0.6 is 23.1 Å². The van der Waals surface area contributed by atoms with E-state index in [9.17, 15) is 14.4 Å². The summed E-state index contributed by atoms with van der Waals surface area (Å²) in [6, 6.07) is 6.78. The van der Waals surface area contributed by atoms with Gasteiger partial charge in [0.25, 0.3) is 0 Å². The highest BCUT2D eigenvalue weighted by Gasteiger charge is 2.16. The van der Waals surface area contributed by atoms with E-state index in [0.29, 0.717) is 16.2 Å². The van der Waals surface area contributed by atoms with Crippen LogP contribution in [0.25, 0.3) is 0 Å². The maximum Gasteiger partial charge on any atom is 0.367 e. The number of nitrogens with two attached hydrogens (primary N) is 1. The lowest BCUT2D eigenvalue weighted by Gasteiger charge is -2.08. The van der Waals surface area contributed by atoms with Crippen LogP contribution in [0.4, 0.5) is 0 Å². The Balaban J connectivity index is 1.99. The number of rotatable bonds is 8. The molecule has 1 aromatic heterocycles. The number of amides is 1. The molecule has 0 saturated heterocycles. The number of thiazole rings is 1. The van der Waals surface area contributed by atoms with Crippen molar-refractivity contribution in [3.05, 3.63) is 45.9 Å². The maximum atomic E-state index is 12.3. The number of thioether (sulfide) groups is 1. The van der Waals surface area contributed by atoms with Crippen molar-refractivity contribution in [3.63, 3.8) is 0 Å². The fourth-order valence-electron chi connectivity index (χ4n) is 1.79. The molecule has 0 bridgehead atoms. The molecule has 2 rings (SSSR count). The van der Waals surface area contributed by atoms with Gasteiger partial charge in [-0.05, 0) is 19.1 Å². The predicted octanol–water partition coefficient (Wildman–Crippen LogP) is 2.25. The fraction of sp³-hybridized carbons (Fsp3) is 0.250. The quantitative estimate of drug-likeness (QED) is 0.552. The molecule has 25 heavy (non-hydrogen) atoms. The molecule has 1 amide bonds. The third-order valence-corrected chi connectivity index (χ3v) is 4.80. The first-order valence-corrected chi connectivity index (χ1v) is 9.16. The van der Waals surface area contributed by atoms with Gasteiger partial charge in [0.1, 0.15) is 6.61 Å². The second-order valence-corrected chi connectivity index (χ2v) is 6.57. The van der Waals surface area contributed by atoms with Gasteiger partial charge < -0.3 is 15.2 Å². The van der Waals surface area contributed by atoms with Crippen molar-refractivity contribution in [3.8, 4) is 0 Å². The molecule has 0 radical (unpaired) electrons. The third kappa shape index (κ3) is 5.57. The van der Waals surface area contributed by atoms with Gasteiger partial charge in [0.2, 0.25) is 10.9 Å². The lowest BCUT2D eigenvalue weighted by molar-refractivity contribution is -0.115. The van der Waals surface area contributed by atoms with Crippen molar-refractivity contribution >= 4 is 40.9 Å². The number of nitrogens with zero attached hydrogens (tertiary/aromatic N) is 1. The molecular formula is C16H16N2O5S2. The zero-order valence-corrected chi connectivity index (χ0v) is 15.0. The number of hydrogen-bond donors (Lipinski definition) is 1. The minimum Gasteiger partial charge on any atom is -0.461 e. The van der Waals surface area contributed by atoms with Gasteiger partial charge in [-0.15, -0.1) is 23.1 Å². The highest BCUT2D eigenvalue weighted by molar-refractivity contribution is 8.00. The third-order valence-electron chi connectivity index (χ3n) is 2.83. The Morgan fingerprint density at radius 3 is 2.68 bits per heavy atom. The number of carbonyl (C=O) groups excluding carboxylic acids is 3. The number of benzene rings is 1. The van der Waals surface area contributed by atoms with Gasteiger partial charge in [0.05, 0.1) is 23.6 Å². The summed E-state index contributed by atoms with van der Waals surface area (Å²) < 4.78 is 10.1. The van der Waals surface area contributed by atoms with E-state index in [1.54, 1.807) is 36.6 Å². The summed E-state index contributed by atoms with van der Waals surface area (Å²) in [6.07, 6.45) is 0. The molecule has 0 atom stereocenters. The summed E-state index contributed by atoms with van der Waals surface area (Å²) in [4.78, 5) is 39.4. The number of carbonyl (C=O) groups is 3. The Bertz CT molecular complexity index is 775. The maximum absolute atomic E-state index is 12.3. The van der Waals surface area contributed by atoms with Gasteiger partial charge in [0, 0.05) is 10.3 Å². The van der Waals surface area contributed by atoms with Crippen molar-refractivity contribution in [2.24, 2.45) is 5.73 Å². The van der Waals surface area contributed by atoms with E-state index in [0.717, 1.165) is 11.3 Å². The van der Waals surface area contributed by atoms with Crippen LogP contribution < -0.4 is 5.73 Å². The largest absolute Gasteiger partial charge is 0.461 e. The van der Waals surface area contributed by atoms with Crippen LogP contribution in [0, 0.1) is 0 Å². The molecule has 2 N–H and O–H groups in total. The molecule has 0 saturated carbocycles. The molecule has 132 valence electrons. The second-order valence-electron chi connectivity index (χ2n) is 4.69. The normalized spacial score (nSPS) is 10.3. The number of esters is 2. The minimum absolute atomic E-state index is 0.0659. The Hall–Kier alpha value is -2.39. The Morgan fingerprint density at radius 1 is 1.20 bits per heavy atom. The second kappa shape index (κ2) is 9.19. The topological polar surface area (TPSA) is 109 Å². The van der Waals surface area contributed by atoms with Gasteiger partial charge in [0.15, 0.2) is 0 Å². The van der Waals surface area contributed by atoms with Crippen LogP contribution in [0.1, 0.15) is 32.8 Å². The van der Waals surface area contributed by atoms with E-state index in [4.69, 9.17) is 15.2 Å². The van der Waals surface area contributed by atoms with Crippen molar-refractivity contribution < 1.29 is 23.9 Å². The highest BCUT2D eigenvalue weighted by Crippen LogP contribution is 2.23. The zero-order chi connectivity index (χ0) is 18.2. The van der Waals surface area contributed by atoms with Gasteiger partial charge >= 0.3 is 11.9 Å². The van der Waals surface area contributed by atoms with Crippen LogP contribution in [0.3, 0.4) is 0 Å².